The third-order valence-electron chi connectivity index (χ3n) is 9.83. The van der Waals surface area contributed by atoms with E-state index >= 15 is 0 Å². The minimum Gasteiger partial charge on any atom is -0.340 e. The minimum atomic E-state index is -5.78. The minimum absolute atomic E-state index is 0.116. The Labute approximate surface area is 278 Å². The predicted molar refractivity (Wildman–Crippen MR) is 172 cm³/mol. The molecule has 3 aromatic rings. The number of benzene rings is 1. The lowest BCUT2D eigenvalue weighted by atomic mass is 9.90. The van der Waals surface area contributed by atoms with Crippen LogP contribution in [0.5, 0.6) is 0 Å². The molecule has 48 heavy (non-hydrogen) atoms. The number of rotatable bonds is 6. The van der Waals surface area contributed by atoms with Gasteiger partial charge in [0, 0.05) is 35.1 Å². The predicted octanol–water partition coefficient (Wildman–Crippen LogP) is 4.01. The number of thiophene rings is 1. The molecule has 6 atom stereocenters. The van der Waals surface area contributed by atoms with Crippen molar-refractivity contribution in [3.8, 4) is 0 Å². The number of aromatic amines is 1. The maximum Gasteiger partial charge on any atom is 0.399 e. The third-order valence-corrected chi connectivity index (χ3v) is 11.9. The summed E-state index contributed by atoms with van der Waals surface area (Å²) in [5.41, 5.74) is -4.90. The molecule has 3 aliphatic rings. The van der Waals surface area contributed by atoms with Gasteiger partial charge in [-0.25, -0.2) is 6.57 Å². The van der Waals surface area contributed by atoms with E-state index < -0.39 is 42.9 Å². The second-order valence-electron chi connectivity index (χ2n) is 12.8. The van der Waals surface area contributed by atoms with E-state index in [0.717, 1.165) is 29.9 Å². The Morgan fingerprint density at radius 2 is 1.88 bits per heavy atom. The molecule has 2 aromatic heterocycles. The van der Waals surface area contributed by atoms with Gasteiger partial charge in [0.15, 0.2) is 0 Å². The second-order valence-corrected chi connectivity index (χ2v) is 15.6. The molecular weight excluding hydrogens is 667 g/mol. The zero-order valence-electron chi connectivity index (χ0n) is 25.8. The third kappa shape index (κ3) is 6.18. The van der Waals surface area contributed by atoms with Crippen LogP contribution in [0.25, 0.3) is 14.9 Å². The molecule has 0 bridgehead atoms. The van der Waals surface area contributed by atoms with Gasteiger partial charge in [0.25, 0.3) is 5.91 Å². The van der Waals surface area contributed by atoms with Gasteiger partial charge in [-0.15, -0.1) is 11.3 Å². The normalized spacial score (nSPS) is 26.5. The summed E-state index contributed by atoms with van der Waals surface area (Å²) in [5, 5.41) is 2.99. The van der Waals surface area contributed by atoms with E-state index in [0.29, 0.717) is 35.9 Å². The van der Waals surface area contributed by atoms with Gasteiger partial charge in [-0.05, 0) is 66.8 Å². The number of fused-ring (bicyclic) bond motifs is 2. The van der Waals surface area contributed by atoms with Crippen molar-refractivity contribution in [1.82, 2.24) is 20.1 Å². The Hall–Kier alpha value is -3.96. The molecular formula is C32H34F2N5O7PS. The van der Waals surface area contributed by atoms with Crippen LogP contribution in [0.1, 0.15) is 65.7 Å². The zero-order valence-corrected chi connectivity index (χ0v) is 27.6. The topological polar surface area (TPSA) is 164 Å². The zero-order chi connectivity index (χ0) is 34.5. The Morgan fingerprint density at radius 1 is 1.10 bits per heavy atom. The van der Waals surface area contributed by atoms with Gasteiger partial charge in [0.05, 0.1) is 17.3 Å². The summed E-state index contributed by atoms with van der Waals surface area (Å²) in [6.07, 6.45) is 4.32. The van der Waals surface area contributed by atoms with Crippen LogP contribution in [-0.2, 0) is 19.8 Å². The van der Waals surface area contributed by atoms with E-state index in [1.165, 1.54) is 24.4 Å². The number of aromatic nitrogens is 1. The first kappa shape index (κ1) is 33.9. The first-order valence-electron chi connectivity index (χ1n) is 15.6. The number of pyridine rings is 1. The lowest BCUT2D eigenvalue weighted by molar-refractivity contribution is -0.147. The first-order chi connectivity index (χ1) is 22.7. The summed E-state index contributed by atoms with van der Waals surface area (Å²) in [6, 6.07) is 5.14. The van der Waals surface area contributed by atoms with E-state index in [9.17, 15) is 32.5 Å². The number of hydrogen-bond acceptors (Lipinski definition) is 6. The van der Waals surface area contributed by atoms with Crippen molar-refractivity contribution >= 4 is 46.7 Å². The van der Waals surface area contributed by atoms with Gasteiger partial charge in [-0.1, -0.05) is 19.4 Å². The van der Waals surface area contributed by atoms with Crippen molar-refractivity contribution < 1.29 is 37.5 Å². The van der Waals surface area contributed by atoms with Crippen LogP contribution >= 0.6 is 18.9 Å². The molecule has 12 nitrogen and oxygen atoms in total. The molecule has 0 saturated carbocycles. The number of nitrogens with one attached hydrogen (secondary N) is 2. The maximum atomic E-state index is 14.3. The molecule has 16 heteroatoms. The Bertz CT molecular complexity index is 1920. The highest BCUT2D eigenvalue weighted by Crippen LogP contribution is 2.59. The highest BCUT2D eigenvalue weighted by Gasteiger charge is 2.51. The fraction of sp³-hybridized carbons (Fsp3) is 0.469. The molecule has 3 fully saturated rings. The summed E-state index contributed by atoms with van der Waals surface area (Å²) in [7, 11) is -5.78. The molecule has 6 rings (SSSR count). The number of H-pyrrole nitrogens is 1. The van der Waals surface area contributed by atoms with Crippen molar-refractivity contribution in [2.75, 3.05) is 13.1 Å². The molecule has 5 heterocycles. The first-order valence-corrected chi connectivity index (χ1v) is 18.1. The lowest BCUT2D eigenvalue weighted by Crippen LogP contribution is -2.57. The Morgan fingerprint density at radius 3 is 2.58 bits per heavy atom. The van der Waals surface area contributed by atoms with Crippen LogP contribution in [0.15, 0.2) is 47.4 Å². The number of hydrogen-bond donors (Lipinski definition) is 4. The smallest absolute Gasteiger partial charge is 0.340 e. The average molecular weight is 702 g/mol. The molecule has 4 N–H and O–H groups in total. The number of carbonyl (C=O) groups is 3. The van der Waals surface area contributed by atoms with E-state index in [4.69, 9.17) is 16.4 Å². The summed E-state index contributed by atoms with van der Waals surface area (Å²) in [6.45, 7) is 10.2. The Kier molecular flexibility index (Phi) is 9.06. The van der Waals surface area contributed by atoms with Crippen molar-refractivity contribution in [2.24, 2.45) is 5.92 Å². The Balaban J connectivity index is 1.21. The van der Waals surface area contributed by atoms with Crippen molar-refractivity contribution in [3.63, 3.8) is 0 Å². The number of nitrogens with zero attached hydrogens (tertiary/aromatic N) is 3. The quantitative estimate of drug-likeness (QED) is 0.223. The van der Waals surface area contributed by atoms with Crippen molar-refractivity contribution in [2.45, 2.75) is 74.8 Å². The van der Waals surface area contributed by atoms with Gasteiger partial charge in [-0.3, -0.25) is 23.7 Å². The fourth-order valence-corrected chi connectivity index (χ4v) is 8.72. The second kappa shape index (κ2) is 12.8. The highest BCUT2D eigenvalue weighted by atomic mass is 32.1. The largest absolute Gasteiger partial charge is 0.399 e. The number of carbonyl (C=O) groups excluding carboxylic acids is 3. The van der Waals surface area contributed by atoms with Gasteiger partial charge >= 0.3 is 13.3 Å². The molecule has 3 amide bonds. The lowest BCUT2D eigenvalue weighted by Gasteiger charge is -2.38. The van der Waals surface area contributed by atoms with Crippen LogP contribution < -0.4 is 10.9 Å². The van der Waals surface area contributed by atoms with E-state index in [1.807, 2.05) is 6.92 Å². The van der Waals surface area contributed by atoms with Crippen molar-refractivity contribution in [3.05, 3.63) is 80.4 Å². The number of amides is 3. The fourth-order valence-electron chi connectivity index (χ4n) is 7.30. The van der Waals surface area contributed by atoms with Gasteiger partial charge in [-0.2, -0.15) is 8.78 Å². The maximum absolute atomic E-state index is 14.3. The SMILES string of the molecule is [C-]#[N+][C@H]1CN(C(=O)[C@@H]2CC[C@@H]3C(C)CCC[C@H](NC(=O)c4cc5cc(C(F)(F)P(=O)(O)O)ccc5s4)C(=O)N32)C[C@@H]1c1cc[nH]c(=O)c1. The molecule has 3 saturated heterocycles. The van der Waals surface area contributed by atoms with Crippen molar-refractivity contribution in [1.29, 1.82) is 0 Å². The number of halogens is 2. The molecule has 1 unspecified atom stereocenters. The highest BCUT2D eigenvalue weighted by molar-refractivity contribution is 7.52. The molecule has 1 aromatic carbocycles. The van der Waals surface area contributed by atoms with E-state index in [-0.39, 0.29) is 58.6 Å². The van der Waals surface area contributed by atoms with Crippen LogP contribution in [-0.4, -0.2) is 79.5 Å². The van der Waals surface area contributed by atoms with Crippen LogP contribution in [0.2, 0.25) is 0 Å². The number of likely N-dealkylation sites (tertiary alicyclic amines) is 1. The van der Waals surface area contributed by atoms with E-state index in [2.05, 4.69) is 15.1 Å². The van der Waals surface area contributed by atoms with Crippen LogP contribution in [0, 0.1) is 12.5 Å². The molecule has 0 radical (unpaired) electrons. The van der Waals surface area contributed by atoms with Gasteiger partial charge < -0.3 is 34.7 Å². The standard InChI is InChI=1S/C32H34F2N5O7PS/c1-17-4-3-5-22(37-29(41)27-13-19-12-20(6-9-26(19)48-27)32(33,34)47(44,45)46)30(42)39-24(17)7-8-25(39)31(43)38-15-21(23(16-38)35-2)18-10-11-36-28(40)14-18/h6,9-14,17,21-25H,3-5,7-8,15-16H2,1H3,(H,36,40)(H,37,41)(H2,44,45,46)/t17?,21-,22+,23+,24-,25+/m1/s1. The molecule has 254 valence electrons. The van der Waals surface area contributed by atoms with Crippen LogP contribution in [0.4, 0.5) is 8.78 Å². The molecule has 0 aliphatic carbocycles. The monoisotopic (exact) mass is 701 g/mol. The summed E-state index contributed by atoms with van der Waals surface area (Å²) < 4.78 is 40.4. The molecule has 3 aliphatic heterocycles. The average Bonchev–Trinajstić information content (AvgIpc) is 3.79. The van der Waals surface area contributed by atoms with Crippen LogP contribution in [0.3, 0.4) is 0 Å². The summed E-state index contributed by atoms with van der Waals surface area (Å²) in [5.74, 6) is -1.49. The summed E-state index contributed by atoms with van der Waals surface area (Å²) in [4.78, 5) is 81.5. The van der Waals surface area contributed by atoms with E-state index in [1.54, 1.807) is 15.9 Å². The molecule has 0 spiro atoms. The van der Waals surface area contributed by atoms with Gasteiger partial charge in [0.2, 0.25) is 23.4 Å². The summed E-state index contributed by atoms with van der Waals surface area (Å²) >= 11 is 0.992. The number of alkyl halides is 2. The van der Waals surface area contributed by atoms with Gasteiger partial charge in [0.1, 0.15) is 12.1 Å².